The molecule has 4 aliphatic heterocycles. The Bertz CT molecular complexity index is 2360. The van der Waals surface area contributed by atoms with E-state index in [0.717, 1.165) is 30.8 Å². The van der Waals surface area contributed by atoms with Crippen molar-refractivity contribution in [1.82, 2.24) is 35.5 Å². The van der Waals surface area contributed by atoms with E-state index in [1.54, 1.807) is 35.4 Å². The van der Waals surface area contributed by atoms with Crippen molar-refractivity contribution in [2.75, 3.05) is 46.6 Å². The molecule has 0 saturated carbocycles. The molecular formula is C42H43F2N7O6. The van der Waals surface area contributed by atoms with Crippen LogP contribution in [0, 0.1) is 5.92 Å². The Hall–Kier alpha value is -5.22. The van der Waals surface area contributed by atoms with Crippen LogP contribution in [-0.2, 0) is 29.7 Å². The zero-order valence-electron chi connectivity index (χ0n) is 31.4. The van der Waals surface area contributed by atoms with E-state index in [2.05, 4.69) is 25.6 Å². The van der Waals surface area contributed by atoms with Crippen molar-refractivity contribution in [3.8, 4) is 33.5 Å². The molecule has 57 heavy (non-hydrogen) atoms. The van der Waals surface area contributed by atoms with E-state index in [4.69, 9.17) is 23.9 Å². The lowest BCUT2D eigenvalue weighted by Gasteiger charge is -2.34. The van der Waals surface area contributed by atoms with Gasteiger partial charge < -0.3 is 44.4 Å². The van der Waals surface area contributed by atoms with Crippen LogP contribution in [0.3, 0.4) is 0 Å². The fourth-order valence-corrected chi connectivity index (χ4v) is 9.33. The smallest absolute Gasteiger partial charge is 0.407 e. The molecule has 3 atom stereocenters. The van der Waals surface area contributed by atoms with Crippen molar-refractivity contribution in [3.63, 3.8) is 0 Å². The normalized spacial score (nSPS) is 22.9. The van der Waals surface area contributed by atoms with Crippen molar-refractivity contribution in [2.45, 2.75) is 61.9 Å². The van der Waals surface area contributed by atoms with E-state index in [1.165, 1.54) is 7.11 Å². The van der Waals surface area contributed by atoms with E-state index in [0.29, 0.717) is 90.5 Å². The summed E-state index contributed by atoms with van der Waals surface area (Å²) in [4.78, 5) is 44.8. The van der Waals surface area contributed by atoms with Gasteiger partial charge in [0.15, 0.2) is 5.79 Å². The molecule has 1 spiro atoms. The highest BCUT2D eigenvalue weighted by molar-refractivity contribution is 5.88. The Balaban J connectivity index is 0.937. The molecule has 1 aliphatic carbocycles. The number of likely N-dealkylation sites (tertiary alicyclic amines) is 1. The number of alkyl carbamates (subject to hydrolysis) is 1. The zero-order valence-corrected chi connectivity index (χ0v) is 31.4. The highest BCUT2D eigenvalue weighted by Gasteiger charge is 2.53. The van der Waals surface area contributed by atoms with Crippen LogP contribution in [0.15, 0.2) is 60.8 Å². The number of hydrogen-bond donors (Lipinski definition) is 4. The van der Waals surface area contributed by atoms with Gasteiger partial charge in [-0.3, -0.25) is 4.79 Å². The lowest BCUT2D eigenvalue weighted by atomic mass is 9.90. The number of amides is 2. The first-order valence-electron chi connectivity index (χ1n) is 19.7. The van der Waals surface area contributed by atoms with Crippen LogP contribution >= 0.6 is 0 Å². The third kappa shape index (κ3) is 6.27. The summed E-state index contributed by atoms with van der Waals surface area (Å²) in [6.45, 7) is 2.88. The molecule has 4 N–H and O–H groups in total. The Morgan fingerprint density at radius 1 is 0.912 bits per heavy atom. The van der Waals surface area contributed by atoms with Crippen molar-refractivity contribution in [3.05, 3.63) is 83.6 Å². The SMILES string of the molecule is COC(=O)N[C@H](C(=O)N1CC2(CC1c1nc3ccc(-c4ccc5c(c4)C(F)(F)c4cc(-c6cnc([C@H]7CCCN7)[nH]6)ccc4-5)cc3[nH]1)OCCO2)C1CCOCC1. The van der Waals surface area contributed by atoms with Crippen molar-refractivity contribution < 1.29 is 37.3 Å². The number of fused-ring (bicyclic) bond motifs is 4. The predicted molar refractivity (Wildman–Crippen MR) is 204 cm³/mol. The van der Waals surface area contributed by atoms with Crippen molar-refractivity contribution in [1.29, 1.82) is 0 Å². The molecule has 4 saturated heterocycles. The minimum Gasteiger partial charge on any atom is -0.453 e. The van der Waals surface area contributed by atoms with Crippen LogP contribution in [-0.4, -0.2) is 95.3 Å². The number of alkyl halides is 2. The summed E-state index contributed by atoms with van der Waals surface area (Å²) in [5, 5.41) is 6.21. The average Bonchev–Trinajstić information content (AvgIpc) is 4.10. The number of H-pyrrole nitrogens is 2. The first-order valence-corrected chi connectivity index (χ1v) is 19.7. The number of carbonyl (C=O) groups excluding carboxylic acids is 2. The summed E-state index contributed by atoms with van der Waals surface area (Å²) in [5.41, 5.74) is 5.04. The molecule has 0 radical (unpaired) electrons. The summed E-state index contributed by atoms with van der Waals surface area (Å²) >= 11 is 0. The van der Waals surface area contributed by atoms with Crippen molar-refractivity contribution >= 4 is 23.0 Å². The van der Waals surface area contributed by atoms with Gasteiger partial charge in [0.25, 0.3) is 5.92 Å². The van der Waals surface area contributed by atoms with Gasteiger partial charge in [-0.15, -0.1) is 0 Å². The van der Waals surface area contributed by atoms with Gasteiger partial charge in [-0.1, -0.05) is 30.3 Å². The fraction of sp³-hybridized carbons (Fsp3) is 0.429. The fourth-order valence-electron chi connectivity index (χ4n) is 9.33. The third-order valence-electron chi connectivity index (χ3n) is 12.3. The Morgan fingerprint density at radius 3 is 2.37 bits per heavy atom. The molecule has 5 aromatic rings. The number of nitrogens with zero attached hydrogens (tertiary/aromatic N) is 3. The number of hydrogen-bond acceptors (Lipinski definition) is 9. The number of ether oxygens (including phenoxy) is 4. The molecule has 0 bridgehead atoms. The van der Waals surface area contributed by atoms with Crippen LogP contribution < -0.4 is 10.6 Å². The minimum atomic E-state index is -3.21. The number of imidazole rings is 2. The second-order valence-corrected chi connectivity index (χ2v) is 15.6. The summed E-state index contributed by atoms with van der Waals surface area (Å²) in [6.07, 6.45) is 4.65. The molecule has 10 rings (SSSR count). The molecule has 4 fully saturated rings. The quantitative estimate of drug-likeness (QED) is 0.148. The first kappa shape index (κ1) is 36.1. The Kier molecular flexibility index (Phi) is 8.88. The number of nitrogens with one attached hydrogen (secondary N) is 4. The molecule has 3 aromatic carbocycles. The summed E-state index contributed by atoms with van der Waals surface area (Å²) in [6, 6.07) is 14.8. The monoisotopic (exact) mass is 779 g/mol. The number of methoxy groups -OCH3 is 1. The molecule has 6 heterocycles. The number of rotatable bonds is 7. The maximum Gasteiger partial charge on any atom is 0.407 e. The van der Waals surface area contributed by atoms with Crippen LogP contribution in [0.4, 0.5) is 13.6 Å². The van der Waals surface area contributed by atoms with Crippen LogP contribution in [0.1, 0.15) is 67.0 Å². The van der Waals surface area contributed by atoms with E-state index in [1.807, 2.05) is 30.3 Å². The molecule has 1 unspecified atom stereocenters. The maximum atomic E-state index is 16.4. The first-order chi connectivity index (χ1) is 27.7. The average molecular weight is 780 g/mol. The van der Waals surface area contributed by atoms with Crippen LogP contribution in [0.2, 0.25) is 0 Å². The number of carbonyl (C=O) groups is 2. The zero-order chi connectivity index (χ0) is 38.9. The van der Waals surface area contributed by atoms with Gasteiger partial charge in [0.2, 0.25) is 5.91 Å². The number of benzene rings is 3. The van der Waals surface area contributed by atoms with E-state index >= 15 is 8.78 Å². The molecular weight excluding hydrogens is 737 g/mol. The third-order valence-corrected chi connectivity index (χ3v) is 12.3. The standard InChI is InChI=1S/C42H43F2N7O6/c1-54-40(53)50-36(23-10-13-55-14-11-23)39(52)51-22-41(56-15-16-57-41)20-35(51)38-47-31-9-6-25(19-33(31)48-38)24-4-7-27-28-8-5-26(18-30(28)42(43,44)29(27)17-24)34-21-46-37(49-34)32-3-2-12-45-32/h4-9,17-19,21,23,32,35-36,45H,2-3,10-16,20,22H2,1H3,(H,46,49)(H,47,48)(H,50,53)/t32-,35?,36+/m1/s1. The van der Waals surface area contributed by atoms with Gasteiger partial charge in [-0.25, -0.2) is 14.8 Å². The molecule has 15 heteroatoms. The van der Waals surface area contributed by atoms with E-state index in [9.17, 15) is 9.59 Å². The highest BCUT2D eigenvalue weighted by atomic mass is 19.3. The topological polar surface area (TPSA) is 156 Å². The summed E-state index contributed by atoms with van der Waals surface area (Å²) < 4.78 is 55.3. The van der Waals surface area contributed by atoms with E-state index < -0.39 is 29.9 Å². The van der Waals surface area contributed by atoms with E-state index in [-0.39, 0.29) is 35.5 Å². The maximum absolute atomic E-state index is 16.4. The summed E-state index contributed by atoms with van der Waals surface area (Å²) in [5.74, 6) is -3.28. The Morgan fingerprint density at radius 2 is 1.63 bits per heavy atom. The largest absolute Gasteiger partial charge is 0.453 e. The molecule has 296 valence electrons. The van der Waals surface area contributed by atoms with Gasteiger partial charge in [0, 0.05) is 36.3 Å². The Labute approximate surface area is 326 Å². The molecule has 2 amide bonds. The second kappa shape index (κ2) is 14.0. The van der Waals surface area contributed by atoms with Crippen LogP contribution in [0.5, 0.6) is 0 Å². The van der Waals surface area contributed by atoms with Crippen molar-refractivity contribution in [2.24, 2.45) is 5.92 Å². The molecule has 5 aliphatic rings. The van der Waals surface area contributed by atoms with Gasteiger partial charge in [-0.05, 0) is 84.7 Å². The van der Waals surface area contributed by atoms with Gasteiger partial charge in [0.05, 0.1) is 61.9 Å². The number of aromatic amines is 2. The highest BCUT2D eigenvalue weighted by Crippen LogP contribution is 2.53. The second-order valence-electron chi connectivity index (χ2n) is 15.6. The van der Waals surface area contributed by atoms with Crippen LogP contribution in [0.25, 0.3) is 44.5 Å². The number of halogens is 2. The number of aromatic nitrogens is 4. The molecule has 2 aromatic heterocycles. The van der Waals surface area contributed by atoms with Gasteiger partial charge >= 0.3 is 6.09 Å². The summed E-state index contributed by atoms with van der Waals surface area (Å²) in [7, 11) is 1.27. The minimum absolute atomic E-state index is 0.0274. The lowest BCUT2D eigenvalue weighted by Crippen LogP contribution is -2.54. The molecule has 13 nitrogen and oxygen atoms in total. The van der Waals surface area contributed by atoms with Gasteiger partial charge in [0.1, 0.15) is 17.7 Å². The lowest BCUT2D eigenvalue weighted by molar-refractivity contribution is -0.154. The van der Waals surface area contributed by atoms with Gasteiger partial charge in [-0.2, -0.15) is 8.78 Å². The predicted octanol–water partition coefficient (Wildman–Crippen LogP) is 6.33.